The molecule has 2 amide bonds. The third-order valence-corrected chi connectivity index (χ3v) is 15.3. The highest BCUT2D eigenvalue weighted by molar-refractivity contribution is 9.10. The van der Waals surface area contributed by atoms with Crippen LogP contribution < -0.4 is 35.9 Å². The number of guanidine groups is 2. The molecule has 2 saturated heterocycles. The Balaban J connectivity index is 0.000000161. The summed E-state index contributed by atoms with van der Waals surface area (Å²) in [5.41, 5.74) is 13.3. The van der Waals surface area contributed by atoms with Gasteiger partial charge in [0.05, 0.1) is 25.4 Å². The fourth-order valence-electron chi connectivity index (χ4n) is 10.7. The molecule has 0 saturated carbocycles. The lowest BCUT2D eigenvalue weighted by molar-refractivity contribution is -0.135. The van der Waals surface area contributed by atoms with Crippen LogP contribution in [-0.2, 0) is 30.1 Å². The molecule has 4 aromatic carbocycles. The van der Waals surface area contributed by atoms with Gasteiger partial charge >= 0.3 is 7.12 Å². The molecule has 0 bridgehead atoms. The average Bonchev–Trinajstić information content (AvgIpc) is 3.68. The van der Waals surface area contributed by atoms with Crippen molar-refractivity contribution in [1.82, 2.24) is 9.80 Å². The minimum absolute atomic E-state index is 0.0889. The van der Waals surface area contributed by atoms with Gasteiger partial charge in [0.2, 0.25) is 0 Å². The summed E-state index contributed by atoms with van der Waals surface area (Å²) < 4.78 is 35.8. The number of rotatable bonds is 6. The Kier molecular flexibility index (Phi) is 15.3. The second-order valence-corrected chi connectivity index (χ2v) is 22.1. The Labute approximate surface area is 439 Å². The van der Waals surface area contributed by atoms with Crippen molar-refractivity contribution in [2.45, 2.75) is 101 Å². The van der Waals surface area contributed by atoms with E-state index < -0.39 is 18.2 Å². The van der Waals surface area contributed by atoms with Gasteiger partial charge in [-0.25, -0.2) is 9.98 Å². The quantitative estimate of drug-likeness (QED) is 0.142. The third-order valence-electron chi connectivity index (χ3n) is 14.4. The van der Waals surface area contributed by atoms with Crippen molar-refractivity contribution < 1.29 is 48.1 Å². The van der Waals surface area contributed by atoms with E-state index in [1.165, 1.54) is 29.0 Å². The van der Waals surface area contributed by atoms with Gasteiger partial charge < -0.3 is 49.9 Å². The van der Waals surface area contributed by atoms with Gasteiger partial charge in [-0.3, -0.25) is 19.4 Å². The summed E-state index contributed by atoms with van der Waals surface area (Å²) in [5.74, 6) is 3.36. The number of methoxy groups -OCH3 is 2. The van der Waals surface area contributed by atoms with E-state index in [2.05, 4.69) is 48.6 Å². The summed E-state index contributed by atoms with van der Waals surface area (Å²) in [6.07, 6.45) is 4.21. The van der Waals surface area contributed by atoms with Gasteiger partial charge in [-0.1, -0.05) is 45.2 Å². The zero-order chi connectivity index (χ0) is 52.1. The Bertz CT molecular complexity index is 2800. The Morgan fingerprint density at radius 2 is 1.14 bits per heavy atom. The molecule has 6 aliphatic heterocycles. The van der Waals surface area contributed by atoms with Gasteiger partial charge in [-0.2, -0.15) is 0 Å². The van der Waals surface area contributed by atoms with Crippen LogP contribution in [0.4, 0.5) is 0 Å². The van der Waals surface area contributed by atoms with Crippen LogP contribution in [0.25, 0.3) is 11.1 Å². The fourth-order valence-corrected chi connectivity index (χ4v) is 11.5. The highest BCUT2D eigenvalue weighted by Crippen LogP contribution is 2.52. The summed E-state index contributed by atoms with van der Waals surface area (Å²) in [5, 5.41) is 18.6. The van der Waals surface area contributed by atoms with E-state index in [4.69, 9.17) is 78.1 Å². The first-order valence-electron chi connectivity index (χ1n) is 23.9. The Hall–Kier alpha value is -5.08. The monoisotopic (exact) mass is 1090 g/mol. The number of halogens is 3. The molecule has 0 aliphatic carbocycles. The highest BCUT2D eigenvalue weighted by atomic mass is 79.9. The molecule has 6 heterocycles. The predicted molar refractivity (Wildman–Crippen MR) is 281 cm³/mol. The molecule has 72 heavy (non-hydrogen) atoms. The molecular formula is C52H62BBrCl2N6O10. The van der Waals surface area contributed by atoms with E-state index in [1.54, 1.807) is 33.3 Å². The molecule has 10 rings (SSSR count). The van der Waals surface area contributed by atoms with E-state index in [0.717, 1.165) is 52.4 Å². The van der Waals surface area contributed by atoms with Gasteiger partial charge in [-0.15, -0.1) is 0 Å². The number of fused-ring (bicyclic) bond motifs is 4. The van der Waals surface area contributed by atoms with Crippen LogP contribution in [0.5, 0.6) is 23.0 Å². The number of hydrogen-bond acceptors (Lipinski definition) is 14. The second-order valence-electron chi connectivity index (χ2n) is 20.4. The minimum Gasteiger partial charge on any atom is -0.497 e. The van der Waals surface area contributed by atoms with Crippen molar-refractivity contribution in [3.05, 3.63) is 98.4 Å². The van der Waals surface area contributed by atoms with Crippen LogP contribution in [0.3, 0.4) is 0 Å². The summed E-state index contributed by atoms with van der Waals surface area (Å²) in [6, 6.07) is 21.7. The van der Waals surface area contributed by atoms with E-state index in [0.29, 0.717) is 70.5 Å². The fraction of sp³-hybridized carbons (Fsp3) is 0.462. The number of hydrogen-bond donors (Lipinski definition) is 4. The number of amides is 2. The van der Waals surface area contributed by atoms with Crippen LogP contribution >= 0.6 is 39.1 Å². The van der Waals surface area contributed by atoms with Crippen molar-refractivity contribution in [2.24, 2.45) is 33.3 Å². The Morgan fingerprint density at radius 1 is 0.667 bits per heavy atom. The lowest BCUT2D eigenvalue weighted by Gasteiger charge is -2.44. The average molecular weight is 1090 g/mol. The van der Waals surface area contributed by atoms with E-state index >= 15 is 0 Å². The molecule has 6 aliphatic rings. The molecule has 4 aromatic rings. The molecule has 6 N–H and O–H groups in total. The van der Waals surface area contributed by atoms with Crippen molar-refractivity contribution >= 4 is 75.4 Å². The molecular weight excluding hydrogens is 1030 g/mol. The summed E-state index contributed by atoms with van der Waals surface area (Å²) in [4.78, 5) is 39.1. The Morgan fingerprint density at radius 3 is 1.60 bits per heavy atom. The van der Waals surface area contributed by atoms with Gasteiger partial charge in [0.15, 0.2) is 23.0 Å². The number of ether oxygens (including phenoxy) is 6. The number of nitrogens with two attached hydrogens (primary N) is 2. The molecule has 6 unspecified atom stereocenters. The largest absolute Gasteiger partial charge is 0.497 e. The molecule has 0 radical (unpaired) electrons. The van der Waals surface area contributed by atoms with Gasteiger partial charge in [0.25, 0.3) is 11.8 Å². The number of nitrogens with zero attached hydrogens (tertiary/aromatic N) is 4. The molecule has 0 aromatic heterocycles. The zero-order valence-corrected chi connectivity index (χ0v) is 44.8. The number of carbonyl (C=O) groups is 2. The standard InChI is InChI=1S/C26H30ClN3O4.C19H24BrN3O3.C7H8BClO3/c1-25(2)13-16(7-8-33-25)22-14-26(23(31)30(3)24(28)29-26)20-11-15(5-6-21(20)34-22)17-9-18(27)12-19(10-17)32-4;1-18(2)9-11(6-7-25-18)15-10-19(16(24)23(3)17(21)22-19)13-8-12(20)4-5-14(13)26-15;1-12-7-3-5(8(10)11)2-6(9)4-7/h5-6,9-12,16,22H,7-8,13-14H2,1-4H3,(H2,28,29);4-5,8,11,15H,6-7,9-10H2,1-3H3,(H2,21,22);2-4,10-11H,1H3. The van der Waals surface area contributed by atoms with Crippen molar-refractivity contribution in [1.29, 1.82) is 0 Å². The first-order chi connectivity index (χ1) is 34.0. The van der Waals surface area contributed by atoms with E-state index in [1.807, 2.05) is 48.5 Å². The van der Waals surface area contributed by atoms with Crippen LogP contribution in [-0.4, -0.2) is 116 Å². The topological polar surface area (TPSA) is 213 Å². The number of aliphatic imine (C=N–C) groups is 2. The lowest BCUT2D eigenvalue weighted by atomic mass is 9.74. The van der Waals surface area contributed by atoms with Crippen LogP contribution in [0.15, 0.2) is 87.3 Å². The normalized spacial score (nSPS) is 26.7. The number of benzene rings is 4. The molecule has 20 heteroatoms. The predicted octanol–water partition coefficient (Wildman–Crippen LogP) is 7.17. The van der Waals surface area contributed by atoms with Crippen molar-refractivity contribution in [3.8, 4) is 34.1 Å². The maximum absolute atomic E-state index is 13.6. The number of carbonyl (C=O) groups excluding carboxylic acids is 2. The zero-order valence-electron chi connectivity index (χ0n) is 41.7. The summed E-state index contributed by atoms with van der Waals surface area (Å²) in [6.45, 7) is 9.79. The summed E-state index contributed by atoms with van der Waals surface area (Å²) in [7, 11) is 4.92. The lowest BCUT2D eigenvalue weighted by Crippen LogP contribution is -2.49. The molecule has 16 nitrogen and oxygen atoms in total. The minimum atomic E-state index is -1.52. The van der Waals surface area contributed by atoms with Crippen molar-refractivity contribution in [2.75, 3.05) is 41.5 Å². The second kappa shape index (κ2) is 20.7. The molecule has 384 valence electrons. The van der Waals surface area contributed by atoms with Crippen molar-refractivity contribution in [3.63, 3.8) is 0 Å². The first kappa shape index (κ1) is 53.2. The first-order valence-corrected chi connectivity index (χ1v) is 25.4. The van der Waals surface area contributed by atoms with Gasteiger partial charge in [-0.05, 0) is 137 Å². The van der Waals surface area contributed by atoms with Crippen LogP contribution in [0.1, 0.15) is 77.3 Å². The van der Waals surface area contributed by atoms with Crippen LogP contribution in [0, 0.1) is 11.8 Å². The third kappa shape index (κ3) is 10.8. The van der Waals surface area contributed by atoms with Gasteiger partial charge in [0.1, 0.15) is 35.2 Å². The highest BCUT2D eigenvalue weighted by Gasteiger charge is 2.57. The maximum Gasteiger partial charge on any atom is 0.488 e. The molecule has 2 spiro atoms. The SMILES string of the molecule is CN1C(=O)C2(CC(C3CCOC(C)(C)C3)Oc3ccc(Br)cc32)N=C1N.COc1cc(Cl)cc(-c2ccc3c(c2)C2(CC(C4CCOC(C)(C)C4)O3)N=C(N)N(C)C2=O)c1.COc1cc(Cl)cc(B(O)O)c1. The maximum atomic E-state index is 13.6. The van der Waals surface area contributed by atoms with Gasteiger partial charge in [0, 0.05) is 77.6 Å². The summed E-state index contributed by atoms with van der Waals surface area (Å²) >= 11 is 15.5. The molecule has 2 fully saturated rings. The number of likely N-dealkylation sites (N-methyl/N-ethyl adjacent to an activating group) is 2. The molecule has 6 atom stereocenters. The van der Waals surface area contributed by atoms with Crippen LogP contribution in [0.2, 0.25) is 10.0 Å². The van der Waals surface area contributed by atoms with E-state index in [-0.39, 0.29) is 53.1 Å². The van der Waals surface area contributed by atoms with E-state index in [9.17, 15) is 9.59 Å². The smallest absolute Gasteiger partial charge is 0.488 e.